The second-order valence-corrected chi connectivity index (χ2v) is 6.43. The average molecular weight is 388 g/mol. The molecule has 0 radical (unpaired) electrons. The summed E-state index contributed by atoms with van der Waals surface area (Å²) in [5.74, 6) is 0.822. The number of hydrogen-bond acceptors (Lipinski definition) is 5. The van der Waals surface area contributed by atoms with Gasteiger partial charge >= 0.3 is 5.97 Å². The molecule has 2 aromatic heterocycles. The molecule has 140 valence electrons. The number of esters is 1. The third kappa shape index (κ3) is 4.60. The first-order chi connectivity index (χ1) is 12.9. The number of nitrogens with zero attached hydrogens (tertiary/aromatic N) is 1. The highest BCUT2D eigenvalue weighted by Gasteiger charge is 2.17. The van der Waals surface area contributed by atoms with Crippen molar-refractivity contribution in [3.63, 3.8) is 0 Å². The van der Waals surface area contributed by atoms with Gasteiger partial charge in [0.2, 0.25) is 0 Å². The Morgan fingerprint density at radius 1 is 1.11 bits per heavy atom. The van der Waals surface area contributed by atoms with Crippen LogP contribution in [0, 0.1) is 6.92 Å². The molecule has 6 nitrogen and oxygen atoms in total. The van der Waals surface area contributed by atoms with E-state index in [1.165, 1.54) is 17.2 Å². The number of ether oxygens (including phenoxy) is 1. The summed E-state index contributed by atoms with van der Waals surface area (Å²) in [5.41, 5.74) is 1.20. The number of benzene rings is 1. The van der Waals surface area contributed by atoms with Crippen molar-refractivity contribution in [2.45, 2.75) is 13.5 Å². The number of aryl methyl sites for hydroxylation is 1. The topological polar surface area (TPSA) is 72.9 Å². The zero-order valence-corrected chi connectivity index (χ0v) is 15.7. The molecule has 2 heterocycles. The SMILES string of the molecule is Cc1occc1C(=O)OCC(=O)N(C)Cc1ccc(-c2ccc(Cl)cc2)o1. The molecule has 1 aromatic carbocycles. The molecule has 3 aromatic rings. The van der Waals surface area contributed by atoms with Crippen molar-refractivity contribution in [1.82, 2.24) is 4.90 Å². The number of halogens is 1. The summed E-state index contributed by atoms with van der Waals surface area (Å²) < 4.78 is 15.9. The van der Waals surface area contributed by atoms with Gasteiger partial charge in [0.25, 0.3) is 5.91 Å². The lowest BCUT2D eigenvalue weighted by molar-refractivity contribution is -0.133. The minimum absolute atomic E-state index is 0.259. The third-order valence-corrected chi connectivity index (χ3v) is 4.27. The molecule has 0 spiro atoms. The van der Waals surface area contributed by atoms with Crippen LogP contribution in [0.25, 0.3) is 11.3 Å². The molecular weight excluding hydrogens is 370 g/mol. The van der Waals surface area contributed by atoms with Crippen LogP contribution in [-0.2, 0) is 16.1 Å². The van der Waals surface area contributed by atoms with Gasteiger partial charge in [0.15, 0.2) is 6.61 Å². The van der Waals surface area contributed by atoms with Gasteiger partial charge in [-0.25, -0.2) is 4.79 Å². The van der Waals surface area contributed by atoms with E-state index in [4.69, 9.17) is 25.2 Å². The average Bonchev–Trinajstić information content (AvgIpc) is 3.29. The van der Waals surface area contributed by atoms with Gasteiger partial charge in [0.05, 0.1) is 12.8 Å². The van der Waals surface area contributed by atoms with E-state index >= 15 is 0 Å². The van der Waals surface area contributed by atoms with Crippen molar-refractivity contribution < 1.29 is 23.2 Å². The molecule has 0 N–H and O–H groups in total. The van der Waals surface area contributed by atoms with Gasteiger partial charge in [0, 0.05) is 17.6 Å². The van der Waals surface area contributed by atoms with Crippen LogP contribution in [0.15, 0.2) is 57.6 Å². The molecular formula is C20H18ClNO5. The minimum atomic E-state index is -0.592. The van der Waals surface area contributed by atoms with Crippen molar-refractivity contribution in [3.05, 3.63) is 70.8 Å². The third-order valence-electron chi connectivity index (χ3n) is 4.01. The summed E-state index contributed by atoms with van der Waals surface area (Å²) in [6.45, 7) is 1.55. The van der Waals surface area contributed by atoms with Crippen molar-refractivity contribution in [2.75, 3.05) is 13.7 Å². The van der Waals surface area contributed by atoms with E-state index in [0.29, 0.717) is 27.9 Å². The summed E-state index contributed by atoms with van der Waals surface area (Å²) in [6, 6.07) is 12.4. The largest absolute Gasteiger partial charge is 0.469 e. The lowest BCUT2D eigenvalue weighted by atomic mass is 10.2. The molecule has 0 aliphatic carbocycles. The molecule has 0 aliphatic rings. The zero-order chi connectivity index (χ0) is 19.4. The maximum Gasteiger partial charge on any atom is 0.342 e. The maximum absolute atomic E-state index is 12.2. The molecule has 27 heavy (non-hydrogen) atoms. The Morgan fingerprint density at radius 2 is 1.85 bits per heavy atom. The van der Waals surface area contributed by atoms with Crippen LogP contribution >= 0.6 is 11.6 Å². The van der Waals surface area contributed by atoms with E-state index in [1.54, 1.807) is 32.2 Å². The lowest BCUT2D eigenvalue weighted by Crippen LogP contribution is -2.30. The standard InChI is InChI=1S/C20H18ClNO5/c1-13-17(9-10-25-13)20(24)26-12-19(23)22(2)11-16-7-8-18(27-16)14-3-5-15(21)6-4-14/h3-10H,11-12H2,1-2H3. The number of carbonyl (C=O) groups excluding carboxylic acids is 2. The fraction of sp³-hybridized carbons (Fsp3) is 0.200. The quantitative estimate of drug-likeness (QED) is 0.589. The molecule has 0 saturated carbocycles. The minimum Gasteiger partial charge on any atom is -0.469 e. The van der Waals surface area contributed by atoms with Gasteiger partial charge in [-0.15, -0.1) is 0 Å². The Bertz CT molecular complexity index is 941. The van der Waals surface area contributed by atoms with Gasteiger partial charge in [0.1, 0.15) is 22.8 Å². The van der Waals surface area contributed by atoms with Gasteiger partial charge in [-0.1, -0.05) is 11.6 Å². The van der Waals surface area contributed by atoms with Crippen LogP contribution in [0.3, 0.4) is 0 Å². The Labute approximate surface area is 161 Å². The highest BCUT2D eigenvalue weighted by atomic mass is 35.5. The van der Waals surface area contributed by atoms with Crippen LogP contribution in [-0.4, -0.2) is 30.4 Å². The molecule has 1 amide bonds. The van der Waals surface area contributed by atoms with Crippen LogP contribution in [0.1, 0.15) is 21.9 Å². The van der Waals surface area contributed by atoms with Crippen LogP contribution < -0.4 is 0 Å². The molecule has 0 saturated heterocycles. The molecule has 0 unspecified atom stereocenters. The molecule has 7 heteroatoms. The van der Waals surface area contributed by atoms with Crippen LogP contribution in [0.5, 0.6) is 0 Å². The number of rotatable bonds is 6. The summed E-state index contributed by atoms with van der Waals surface area (Å²) >= 11 is 5.89. The van der Waals surface area contributed by atoms with E-state index in [2.05, 4.69) is 0 Å². The Morgan fingerprint density at radius 3 is 2.52 bits per heavy atom. The Hall–Kier alpha value is -2.99. The van der Waals surface area contributed by atoms with E-state index in [1.807, 2.05) is 18.2 Å². The van der Waals surface area contributed by atoms with Gasteiger partial charge in [-0.05, 0) is 49.4 Å². The predicted molar refractivity (Wildman–Crippen MR) is 99.4 cm³/mol. The lowest BCUT2D eigenvalue weighted by Gasteiger charge is -2.15. The fourth-order valence-corrected chi connectivity index (χ4v) is 2.59. The fourth-order valence-electron chi connectivity index (χ4n) is 2.47. The van der Waals surface area contributed by atoms with Gasteiger partial charge in [-0.2, -0.15) is 0 Å². The van der Waals surface area contributed by atoms with Gasteiger partial charge in [-0.3, -0.25) is 4.79 Å². The monoisotopic (exact) mass is 387 g/mol. The number of furan rings is 2. The van der Waals surface area contributed by atoms with E-state index in [0.717, 1.165) is 5.56 Å². The summed E-state index contributed by atoms with van der Waals surface area (Å²) in [4.78, 5) is 25.5. The van der Waals surface area contributed by atoms with Crippen molar-refractivity contribution >= 4 is 23.5 Å². The van der Waals surface area contributed by atoms with Crippen molar-refractivity contribution in [1.29, 1.82) is 0 Å². The second kappa shape index (κ2) is 8.14. The highest BCUT2D eigenvalue weighted by Crippen LogP contribution is 2.24. The molecule has 3 rings (SSSR count). The van der Waals surface area contributed by atoms with E-state index in [9.17, 15) is 9.59 Å². The molecule has 0 bridgehead atoms. The van der Waals surface area contributed by atoms with Crippen molar-refractivity contribution in [3.8, 4) is 11.3 Å². The Kier molecular flexibility index (Phi) is 5.66. The first kappa shape index (κ1) is 18.8. The van der Waals surface area contributed by atoms with E-state index in [-0.39, 0.29) is 19.1 Å². The first-order valence-corrected chi connectivity index (χ1v) is 8.61. The zero-order valence-electron chi connectivity index (χ0n) is 14.9. The molecule has 0 atom stereocenters. The summed E-state index contributed by atoms with van der Waals surface area (Å²) in [5, 5.41) is 0.649. The van der Waals surface area contributed by atoms with E-state index < -0.39 is 5.97 Å². The Balaban J connectivity index is 1.54. The predicted octanol–water partition coefficient (Wildman–Crippen LogP) is 4.32. The van der Waals surface area contributed by atoms with Gasteiger partial charge < -0.3 is 18.5 Å². The molecule has 0 aliphatic heterocycles. The highest BCUT2D eigenvalue weighted by molar-refractivity contribution is 6.30. The number of amides is 1. The van der Waals surface area contributed by atoms with Crippen molar-refractivity contribution in [2.24, 2.45) is 0 Å². The van der Waals surface area contributed by atoms with Crippen LogP contribution in [0.2, 0.25) is 5.02 Å². The second-order valence-electron chi connectivity index (χ2n) is 5.99. The first-order valence-electron chi connectivity index (χ1n) is 8.24. The maximum atomic E-state index is 12.2. The summed E-state index contributed by atoms with van der Waals surface area (Å²) in [6.07, 6.45) is 1.40. The smallest absolute Gasteiger partial charge is 0.342 e. The number of likely N-dealkylation sites (N-methyl/N-ethyl adjacent to an activating group) is 1. The summed E-state index contributed by atoms with van der Waals surface area (Å²) in [7, 11) is 1.61. The normalized spacial score (nSPS) is 10.6. The van der Waals surface area contributed by atoms with Crippen LogP contribution in [0.4, 0.5) is 0 Å². The number of hydrogen-bond donors (Lipinski definition) is 0. The molecule has 0 fully saturated rings. The number of carbonyl (C=O) groups is 2.